The van der Waals surface area contributed by atoms with Crippen molar-refractivity contribution in [2.75, 3.05) is 13.1 Å². The number of likely N-dealkylation sites (tertiary alicyclic amines) is 1. The average Bonchev–Trinajstić information content (AvgIpc) is 3.33. The summed E-state index contributed by atoms with van der Waals surface area (Å²) >= 11 is 0. The summed E-state index contributed by atoms with van der Waals surface area (Å²) in [5.74, 6) is 0.142. The summed E-state index contributed by atoms with van der Waals surface area (Å²) in [5.41, 5.74) is 1.42. The normalized spacial score (nSPS) is 18.0. The van der Waals surface area contributed by atoms with E-state index in [0.29, 0.717) is 18.6 Å². The first kappa shape index (κ1) is 19.5. The summed E-state index contributed by atoms with van der Waals surface area (Å²) in [6.45, 7) is 4.99. The molecule has 29 heavy (non-hydrogen) atoms. The molecule has 3 aromatic heterocycles. The van der Waals surface area contributed by atoms with Gasteiger partial charge in [-0.15, -0.1) is 0 Å². The third kappa shape index (κ3) is 3.86. The molecule has 4 rings (SSSR count). The van der Waals surface area contributed by atoms with Crippen LogP contribution in [0.25, 0.3) is 11.0 Å². The molecule has 1 N–H and O–H groups in total. The summed E-state index contributed by atoms with van der Waals surface area (Å²) in [4.78, 5) is 21.4. The zero-order chi connectivity index (χ0) is 20.8. The van der Waals surface area contributed by atoms with Crippen molar-refractivity contribution in [3.63, 3.8) is 0 Å². The first-order valence-corrected chi connectivity index (χ1v) is 9.55. The number of aromatic amines is 1. The second-order valence-corrected chi connectivity index (χ2v) is 7.71. The van der Waals surface area contributed by atoms with Gasteiger partial charge in [-0.3, -0.25) is 4.79 Å². The Morgan fingerprint density at radius 2 is 2.10 bits per heavy atom. The molecule has 0 bridgehead atoms. The summed E-state index contributed by atoms with van der Waals surface area (Å²) in [6, 6.07) is 5.68. The zero-order valence-corrected chi connectivity index (χ0v) is 16.1. The number of hydrogen-bond donors (Lipinski definition) is 1. The van der Waals surface area contributed by atoms with Gasteiger partial charge in [0.1, 0.15) is 5.69 Å². The first-order chi connectivity index (χ1) is 13.7. The van der Waals surface area contributed by atoms with Gasteiger partial charge in [-0.25, -0.2) is 4.98 Å². The summed E-state index contributed by atoms with van der Waals surface area (Å²) in [7, 11) is 0. The summed E-state index contributed by atoms with van der Waals surface area (Å²) in [5, 5.41) is 3.94. The monoisotopic (exact) mass is 406 g/mol. The Morgan fingerprint density at radius 3 is 2.79 bits per heavy atom. The molecule has 1 aliphatic rings. The fourth-order valence-electron chi connectivity index (χ4n) is 3.64. The van der Waals surface area contributed by atoms with Gasteiger partial charge in [0, 0.05) is 30.8 Å². The van der Waals surface area contributed by atoms with E-state index in [-0.39, 0.29) is 29.0 Å². The van der Waals surface area contributed by atoms with Crippen LogP contribution in [0.5, 0.6) is 0 Å². The number of carbonyl (C=O) groups excluding carboxylic acids is 1. The van der Waals surface area contributed by atoms with E-state index in [1.165, 1.54) is 6.07 Å². The van der Waals surface area contributed by atoms with Crippen LogP contribution in [-0.4, -0.2) is 39.0 Å². The van der Waals surface area contributed by atoms with Crippen molar-refractivity contribution >= 4 is 16.9 Å². The van der Waals surface area contributed by atoms with E-state index in [1.807, 2.05) is 13.8 Å². The van der Waals surface area contributed by atoms with Gasteiger partial charge >= 0.3 is 6.18 Å². The lowest BCUT2D eigenvalue weighted by Crippen LogP contribution is -2.39. The highest BCUT2D eigenvalue weighted by Gasteiger charge is 2.33. The van der Waals surface area contributed by atoms with Crippen LogP contribution >= 0.6 is 0 Å². The van der Waals surface area contributed by atoms with Gasteiger partial charge in [-0.05, 0) is 37.0 Å². The number of H-pyrrole nitrogens is 1. The predicted molar refractivity (Wildman–Crippen MR) is 99.6 cm³/mol. The maximum atomic E-state index is 12.9. The Hall–Kier alpha value is -2.84. The third-order valence-corrected chi connectivity index (χ3v) is 5.27. The third-order valence-electron chi connectivity index (χ3n) is 5.27. The number of nitrogens with zero attached hydrogens (tertiary/aromatic N) is 3. The van der Waals surface area contributed by atoms with E-state index < -0.39 is 11.9 Å². The molecule has 3 aromatic rings. The van der Waals surface area contributed by atoms with Crippen molar-refractivity contribution in [2.24, 2.45) is 0 Å². The average molecular weight is 406 g/mol. The first-order valence-electron chi connectivity index (χ1n) is 9.55. The van der Waals surface area contributed by atoms with Crippen LogP contribution in [0.15, 0.2) is 28.8 Å². The molecular weight excluding hydrogens is 385 g/mol. The molecule has 4 heterocycles. The van der Waals surface area contributed by atoms with Crippen LogP contribution in [0.2, 0.25) is 0 Å². The van der Waals surface area contributed by atoms with E-state index in [0.717, 1.165) is 30.3 Å². The van der Waals surface area contributed by atoms with Gasteiger partial charge in [0.25, 0.3) is 5.91 Å². The highest BCUT2D eigenvalue weighted by Crippen LogP contribution is 2.32. The molecule has 0 spiro atoms. The molecule has 9 heteroatoms. The number of halogens is 3. The smallest absolute Gasteiger partial charge is 0.357 e. The minimum absolute atomic E-state index is 0.0104. The fraction of sp³-hybridized carbons (Fsp3) is 0.450. The quantitative estimate of drug-likeness (QED) is 0.683. The minimum atomic E-state index is -4.48. The highest BCUT2D eigenvalue weighted by molar-refractivity contribution is 5.91. The van der Waals surface area contributed by atoms with Crippen LogP contribution in [0.3, 0.4) is 0 Å². The Balaban J connectivity index is 1.54. The van der Waals surface area contributed by atoms with Gasteiger partial charge in [0.05, 0.1) is 16.7 Å². The SMILES string of the molecule is CC(C)c1cc(C(=O)N2CCC[C@@H](c3cc4nc(C(F)(F)F)ccc4[nH]3)C2)on1. The molecule has 0 radical (unpaired) electrons. The standard InChI is InChI=1S/C20H21F3N4O2/c1-11(2)14-9-17(29-26-14)19(28)27-7-3-4-12(10-27)15-8-16-13(24-15)5-6-18(25-16)20(21,22)23/h5-6,8-9,11-12,24H,3-4,7,10H2,1-2H3/t12-/m1/s1. The van der Waals surface area contributed by atoms with Crippen molar-refractivity contribution in [3.05, 3.63) is 47.1 Å². The second-order valence-electron chi connectivity index (χ2n) is 7.71. The zero-order valence-electron chi connectivity index (χ0n) is 16.1. The van der Waals surface area contributed by atoms with E-state index in [2.05, 4.69) is 15.1 Å². The molecule has 0 aromatic carbocycles. The van der Waals surface area contributed by atoms with Gasteiger partial charge in [0.15, 0.2) is 0 Å². The second kappa shape index (κ2) is 7.20. The van der Waals surface area contributed by atoms with Crippen LogP contribution in [-0.2, 0) is 6.18 Å². The lowest BCUT2D eigenvalue weighted by Gasteiger charge is -2.31. The molecular formula is C20H21F3N4O2. The number of hydrogen-bond acceptors (Lipinski definition) is 4. The van der Waals surface area contributed by atoms with Gasteiger partial charge in [-0.1, -0.05) is 19.0 Å². The van der Waals surface area contributed by atoms with E-state index in [4.69, 9.17) is 4.52 Å². The largest absolute Gasteiger partial charge is 0.433 e. The molecule has 1 aliphatic heterocycles. The molecule has 1 atom stereocenters. The topological polar surface area (TPSA) is 75.0 Å². The Morgan fingerprint density at radius 1 is 1.31 bits per heavy atom. The lowest BCUT2D eigenvalue weighted by molar-refractivity contribution is -0.140. The van der Waals surface area contributed by atoms with Gasteiger partial charge in [0.2, 0.25) is 5.76 Å². The lowest BCUT2D eigenvalue weighted by atomic mass is 9.94. The summed E-state index contributed by atoms with van der Waals surface area (Å²) in [6.07, 6.45) is -2.86. The summed E-state index contributed by atoms with van der Waals surface area (Å²) < 4.78 is 43.9. The predicted octanol–water partition coefficient (Wildman–Crippen LogP) is 4.71. The molecule has 0 saturated carbocycles. The van der Waals surface area contributed by atoms with Crippen LogP contribution in [0.1, 0.15) is 66.2 Å². The number of rotatable bonds is 3. The number of alkyl halides is 3. The number of aromatic nitrogens is 3. The Labute approximate surface area is 165 Å². The highest BCUT2D eigenvalue weighted by atomic mass is 19.4. The minimum Gasteiger partial charge on any atom is -0.357 e. The number of fused-ring (bicyclic) bond motifs is 1. The molecule has 0 aliphatic carbocycles. The Kier molecular flexibility index (Phi) is 4.84. The maximum absolute atomic E-state index is 12.9. The molecule has 0 unspecified atom stereocenters. The van der Waals surface area contributed by atoms with Crippen molar-refractivity contribution in [2.45, 2.75) is 44.7 Å². The molecule has 1 fully saturated rings. The maximum Gasteiger partial charge on any atom is 0.433 e. The van der Waals surface area contributed by atoms with E-state index >= 15 is 0 Å². The van der Waals surface area contributed by atoms with Crippen LogP contribution in [0, 0.1) is 0 Å². The number of nitrogens with one attached hydrogen (secondary N) is 1. The van der Waals surface area contributed by atoms with Gasteiger partial charge < -0.3 is 14.4 Å². The van der Waals surface area contributed by atoms with Crippen molar-refractivity contribution in [3.8, 4) is 0 Å². The fourth-order valence-corrected chi connectivity index (χ4v) is 3.64. The Bertz CT molecular complexity index is 1040. The number of pyridine rings is 1. The number of carbonyl (C=O) groups is 1. The number of piperidine rings is 1. The van der Waals surface area contributed by atoms with E-state index in [1.54, 1.807) is 17.0 Å². The van der Waals surface area contributed by atoms with E-state index in [9.17, 15) is 18.0 Å². The van der Waals surface area contributed by atoms with Crippen molar-refractivity contribution < 1.29 is 22.5 Å². The molecule has 1 amide bonds. The molecule has 154 valence electrons. The number of amides is 1. The van der Waals surface area contributed by atoms with Crippen LogP contribution in [0.4, 0.5) is 13.2 Å². The molecule has 6 nitrogen and oxygen atoms in total. The van der Waals surface area contributed by atoms with Crippen molar-refractivity contribution in [1.82, 2.24) is 20.0 Å². The van der Waals surface area contributed by atoms with Gasteiger partial charge in [-0.2, -0.15) is 13.2 Å². The van der Waals surface area contributed by atoms with Crippen molar-refractivity contribution in [1.29, 1.82) is 0 Å². The molecule has 1 saturated heterocycles. The van der Waals surface area contributed by atoms with Crippen LogP contribution < -0.4 is 0 Å².